The number of aromatic amines is 1. The number of likely N-dealkylation sites (tertiary alicyclic amines) is 1. The Kier molecular flexibility index (Phi) is 6.89. The lowest BCUT2D eigenvalue weighted by Gasteiger charge is -2.24. The number of ether oxygens (including phenoxy) is 1. The number of fused-ring (bicyclic) bond motifs is 1. The second-order valence-corrected chi connectivity index (χ2v) is 9.57. The maximum atomic E-state index is 12.8. The fraction of sp³-hybridized carbons (Fsp3) is 0.393. The Hall–Kier alpha value is -3.05. The third-order valence-corrected chi connectivity index (χ3v) is 6.85. The molecule has 174 valence electrons. The molecule has 1 fully saturated rings. The molecule has 2 heterocycles. The van der Waals surface area contributed by atoms with Gasteiger partial charge in [0.05, 0.1) is 5.60 Å². The number of carbonyl (C=O) groups excluding carboxylic acids is 1. The molecule has 1 aliphatic rings. The number of benzene rings is 2. The first-order valence-corrected chi connectivity index (χ1v) is 11.8. The van der Waals surface area contributed by atoms with Gasteiger partial charge in [0.25, 0.3) is 0 Å². The van der Waals surface area contributed by atoms with Crippen LogP contribution in [0.3, 0.4) is 0 Å². The highest BCUT2D eigenvalue weighted by atomic mass is 16.6. The van der Waals surface area contributed by atoms with Crippen molar-refractivity contribution in [3.8, 4) is 0 Å². The summed E-state index contributed by atoms with van der Waals surface area (Å²) < 4.78 is 5.60. The average Bonchev–Trinajstić information content (AvgIpc) is 3.44. The van der Waals surface area contributed by atoms with E-state index in [0.717, 1.165) is 47.8 Å². The molecule has 33 heavy (non-hydrogen) atoms. The molecular weight excluding hydrogens is 412 g/mol. The lowest BCUT2D eigenvalue weighted by molar-refractivity contribution is 0.0634. The van der Waals surface area contributed by atoms with Crippen molar-refractivity contribution < 1.29 is 14.6 Å². The Morgan fingerprint density at radius 3 is 2.82 bits per heavy atom. The van der Waals surface area contributed by atoms with E-state index < -0.39 is 5.60 Å². The lowest BCUT2D eigenvalue weighted by Crippen LogP contribution is -2.37. The number of nitrogens with zero attached hydrogens (tertiary/aromatic N) is 1. The zero-order valence-electron chi connectivity index (χ0n) is 19.8. The van der Waals surface area contributed by atoms with Gasteiger partial charge >= 0.3 is 6.09 Å². The topological polar surface area (TPSA) is 65.6 Å². The van der Waals surface area contributed by atoms with E-state index in [-0.39, 0.29) is 18.1 Å². The molecule has 3 aromatic rings. The summed E-state index contributed by atoms with van der Waals surface area (Å²) >= 11 is 0. The van der Waals surface area contributed by atoms with Gasteiger partial charge in [-0.05, 0) is 60.9 Å². The molecule has 0 saturated carbocycles. The number of hydrogen-bond acceptors (Lipinski definition) is 3. The fourth-order valence-electron chi connectivity index (χ4n) is 4.27. The van der Waals surface area contributed by atoms with Crippen LogP contribution < -0.4 is 0 Å². The van der Waals surface area contributed by atoms with Gasteiger partial charge < -0.3 is 19.7 Å². The lowest BCUT2D eigenvalue weighted by atomic mass is 9.91. The Morgan fingerprint density at radius 2 is 2.06 bits per heavy atom. The van der Waals surface area contributed by atoms with E-state index in [1.165, 1.54) is 5.56 Å². The SMILES string of the molecule is CC(C)C(C)(O)C=Cc1ccc2[nH]cc(C[C@H]3CCCN3C(=O)OCc3ccccc3)c2c1. The normalized spacial score (nSPS) is 18.3. The van der Waals surface area contributed by atoms with Gasteiger partial charge in [0, 0.05) is 29.7 Å². The van der Waals surface area contributed by atoms with Crippen LogP contribution in [0.4, 0.5) is 4.79 Å². The number of aromatic nitrogens is 1. The zero-order valence-corrected chi connectivity index (χ0v) is 19.8. The molecule has 1 aliphatic heterocycles. The highest BCUT2D eigenvalue weighted by Gasteiger charge is 2.30. The number of rotatable bonds is 7. The van der Waals surface area contributed by atoms with Crippen molar-refractivity contribution in [2.45, 2.75) is 58.3 Å². The van der Waals surface area contributed by atoms with Crippen molar-refractivity contribution in [1.29, 1.82) is 0 Å². The average molecular weight is 447 g/mol. The smallest absolute Gasteiger partial charge is 0.410 e. The van der Waals surface area contributed by atoms with E-state index >= 15 is 0 Å². The minimum Gasteiger partial charge on any atom is -0.445 e. The van der Waals surface area contributed by atoms with Crippen molar-refractivity contribution in [2.24, 2.45) is 5.92 Å². The van der Waals surface area contributed by atoms with Crippen molar-refractivity contribution in [1.82, 2.24) is 9.88 Å². The van der Waals surface area contributed by atoms with E-state index in [0.29, 0.717) is 6.61 Å². The first-order valence-electron chi connectivity index (χ1n) is 11.8. The van der Waals surface area contributed by atoms with Gasteiger partial charge in [-0.2, -0.15) is 0 Å². The van der Waals surface area contributed by atoms with Crippen LogP contribution in [0, 0.1) is 5.92 Å². The highest BCUT2D eigenvalue weighted by molar-refractivity contribution is 5.85. The molecule has 1 amide bonds. The Bertz CT molecular complexity index is 1110. The van der Waals surface area contributed by atoms with Crippen LogP contribution >= 0.6 is 0 Å². The summed E-state index contributed by atoms with van der Waals surface area (Å²) in [7, 11) is 0. The fourth-order valence-corrected chi connectivity index (χ4v) is 4.27. The molecule has 1 saturated heterocycles. The first kappa shape index (κ1) is 23.1. The van der Waals surface area contributed by atoms with E-state index in [2.05, 4.69) is 23.2 Å². The van der Waals surface area contributed by atoms with Crippen molar-refractivity contribution in [3.05, 3.63) is 77.5 Å². The predicted octanol–water partition coefficient (Wildman–Crippen LogP) is 5.93. The Labute approximate surface area is 196 Å². The van der Waals surface area contributed by atoms with Crippen LogP contribution in [0.5, 0.6) is 0 Å². The largest absolute Gasteiger partial charge is 0.445 e. The van der Waals surface area contributed by atoms with Gasteiger partial charge in [0.15, 0.2) is 0 Å². The zero-order chi connectivity index (χ0) is 23.4. The molecule has 4 rings (SSSR count). The minimum atomic E-state index is -0.847. The summed E-state index contributed by atoms with van der Waals surface area (Å²) in [4.78, 5) is 18.0. The summed E-state index contributed by atoms with van der Waals surface area (Å²) in [5, 5.41) is 11.7. The molecule has 5 heteroatoms. The molecule has 1 aromatic heterocycles. The summed E-state index contributed by atoms with van der Waals surface area (Å²) in [6.07, 6.45) is 8.42. The van der Waals surface area contributed by atoms with Crippen LogP contribution in [0.2, 0.25) is 0 Å². The summed E-state index contributed by atoms with van der Waals surface area (Å²) in [6, 6.07) is 16.2. The van der Waals surface area contributed by atoms with Crippen LogP contribution in [0.1, 0.15) is 50.3 Å². The first-order chi connectivity index (χ1) is 15.8. The molecular formula is C28H34N2O3. The number of H-pyrrole nitrogens is 1. The van der Waals surface area contributed by atoms with Gasteiger partial charge in [-0.15, -0.1) is 0 Å². The third-order valence-electron chi connectivity index (χ3n) is 6.85. The third kappa shape index (κ3) is 5.48. The van der Waals surface area contributed by atoms with Gasteiger partial charge in [0.1, 0.15) is 6.61 Å². The molecule has 0 aliphatic carbocycles. The molecule has 0 radical (unpaired) electrons. The Balaban J connectivity index is 1.46. The van der Waals surface area contributed by atoms with Gasteiger partial charge in [-0.3, -0.25) is 0 Å². The Morgan fingerprint density at radius 1 is 1.27 bits per heavy atom. The van der Waals surface area contributed by atoms with E-state index in [9.17, 15) is 9.90 Å². The number of carbonyl (C=O) groups is 1. The van der Waals surface area contributed by atoms with E-state index in [4.69, 9.17) is 4.74 Å². The second-order valence-electron chi connectivity index (χ2n) is 9.57. The van der Waals surface area contributed by atoms with Gasteiger partial charge in [0.2, 0.25) is 0 Å². The molecule has 2 atom stereocenters. The van der Waals surface area contributed by atoms with Gasteiger partial charge in [-0.25, -0.2) is 4.79 Å². The maximum absolute atomic E-state index is 12.8. The number of nitrogens with one attached hydrogen (secondary N) is 1. The second kappa shape index (κ2) is 9.84. The standard InChI is InChI=1S/C28H34N2O3/c1-20(2)28(3,32)14-13-21-11-12-26-25(16-21)23(18-29-26)17-24-10-7-15-30(24)27(31)33-19-22-8-5-4-6-9-22/h4-6,8-9,11-14,16,18,20,24,29,32H,7,10,15,17,19H2,1-3H3/t24-,28?/m1/s1. The monoisotopic (exact) mass is 446 g/mol. The predicted molar refractivity (Wildman–Crippen MR) is 133 cm³/mol. The van der Waals surface area contributed by atoms with Crippen LogP contribution in [0.25, 0.3) is 17.0 Å². The molecule has 0 spiro atoms. The molecule has 5 nitrogen and oxygen atoms in total. The van der Waals surface area contributed by atoms with Crippen molar-refractivity contribution in [2.75, 3.05) is 6.54 Å². The minimum absolute atomic E-state index is 0.133. The van der Waals surface area contributed by atoms with Crippen LogP contribution in [-0.4, -0.2) is 39.3 Å². The molecule has 1 unspecified atom stereocenters. The van der Waals surface area contributed by atoms with Crippen molar-refractivity contribution in [3.63, 3.8) is 0 Å². The van der Waals surface area contributed by atoms with E-state index in [1.807, 2.05) is 74.4 Å². The summed E-state index contributed by atoms with van der Waals surface area (Å²) in [6.45, 7) is 6.89. The molecule has 2 aromatic carbocycles. The quantitative estimate of drug-likeness (QED) is 0.473. The summed E-state index contributed by atoms with van der Waals surface area (Å²) in [5.74, 6) is 0.135. The highest BCUT2D eigenvalue weighted by Crippen LogP contribution is 2.28. The molecule has 2 N–H and O–H groups in total. The molecule has 0 bridgehead atoms. The maximum Gasteiger partial charge on any atom is 0.410 e. The van der Waals surface area contributed by atoms with Gasteiger partial charge in [-0.1, -0.05) is 62.4 Å². The van der Waals surface area contributed by atoms with Crippen LogP contribution in [-0.2, 0) is 17.8 Å². The van der Waals surface area contributed by atoms with Crippen molar-refractivity contribution >= 4 is 23.1 Å². The van der Waals surface area contributed by atoms with Crippen LogP contribution in [0.15, 0.2) is 60.8 Å². The van der Waals surface area contributed by atoms with E-state index in [1.54, 1.807) is 0 Å². The number of amides is 1. The summed E-state index contributed by atoms with van der Waals surface area (Å²) in [5.41, 5.74) is 3.48. The number of hydrogen-bond donors (Lipinski definition) is 2. The number of aliphatic hydroxyl groups is 1.